The highest BCUT2D eigenvalue weighted by Crippen LogP contribution is 2.21. The zero-order valence-electron chi connectivity index (χ0n) is 18.9. The van der Waals surface area contributed by atoms with Crippen LogP contribution in [0.4, 0.5) is 4.79 Å². The van der Waals surface area contributed by atoms with Crippen molar-refractivity contribution in [3.05, 3.63) is 35.5 Å². The lowest BCUT2D eigenvalue weighted by Gasteiger charge is -2.09. The number of likely N-dealkylation sites (N-methyl/N-ethyl adjacent to an activating group) is 1. The Kier molecular flexibility index (Phi) is 2.16. The lowest BCUT2D eigenvalue weighted by molar-refractivity contribution is 0.177. The fourth-order valence-electron chi connectivity index (χ4n) is 2.07. The Bertz CT molecular complexity index is 930. The first kappa shape index (κ1) is 7.84. The first-order valence-electron chi connectivity index (χ1n) is 9.96. The smallest absolute Gasteiger partial charge is 0.407 e. The van der Waals surface area contributed by atoms with E-state index in [0.29, 0.717) is 10.9 Å². The average Bonchev–Trinajstić information content (AvgIpc) is 3.07. The number of hydrogen-bond donors (Lipinski definition) is 2. The van der Waals surface area contributed by atoms with E-state index in [1.54, 1.807) is 19.0 Å². The summed E-state index contributed by atoms with van der Waals surface area (Å²) in [4.78, 5) is 14.2. The maximum Gasteiger partial charge on any atom is 0.407 e. The van der Waals surface area contributed by atoms with Crippen LogP contribution in [-0.2, 0) is 17.5 Å². The summed E-state index contributed by atoms with van der Waals surface area (Å²) in [5, 5.41) is 0.521. The molecule has 5 heteroatoms. The Morgan fingerprint density at radius 2 is 2.43 bits per heavy atom. The van der Waals surface area contributed by atoms with Crippen molar-refractivity contribution in [1.29, 1.82) is 0 Å². The number of carbonyl (C=O) groups excluding carboxylic acids is 1. The molecule has 112 valence electrons. The van der Waals surface area contributed by atoms with E-state index in [2.05, 4.69) is 4.74 Å². The highest BCUT2D eigenvalue weighted by atomic mass is 16.6. The van der Waals surface area contributed by atoms with Crippen molar-refractivity contribution < 1.29 is 19.2 Å². The molecule has 0 saturated carbocycles. The van der Waals surface area contributed by atoms with Crippen LogP contribution in [0, 0.1) is 0 Å². The van der Waals surface area contributed by atoms with Crippen molar-refractivity contribution in [2.24, 2.45) is 0 Å². The number of cyclic esters (lactones) is 1. The van der Waals surface area contributed by atoms with E-state index in [0.717, 1.165) is 4.98 Å². The molecule has 3 rings (SSSR count). The second kappa shape index (κ2) is 5.77. The normalized spacial score (nSPS) is 28.4. The highest BCUT2D eigenvalue weighted by Gasteiger charge is 2.22. The Labute approximate surface area is 134 Å². The molecule has 0 spiro atoms. The van der Waals surface area contributed by atoms with Crippen molar-refractivity contribution in [3.63, 3.8) is 0 Å². The number of benzene rings is 1. The van der Waals surface area contributed by atoms with Gasteiger partial charge in [0.2, 0.25) is 0 Å². The van der Waals surface area contributed by atoms with E-state index in [9.17, 15) is 4.79 Å². The number of hydrogen-bond acceptors (Lipinski definition) is 3. The number of nitrogens with zero attached hydrogens (tertiary/aromatic N) is 1. The molecule has 1 aliphatic rings. The van der Waals surface area contributed by atoms with Gasteiger partial charge in [0.05, 0.1) is 7.39 Å². The minimum atomic E-state index is -2.47. The van der Waals surface area contributed by atoms with E-state index in [-0.39, 0.29) is 23.0 Å². The van der Waals surface area contributed by atoms with Gasteiger partial charge in [-0.1, -0.05) is 6.07 Å². The number of aromatic nitrogens is 1. The Morgan fingerprint density at radius 3 is 3.14 bits per heavy atom. The highest BCUT2D eigenvalue weighted by molar-refractivity contribution is 5.84. The van der Waals surface area contributed by atoms with Crippen LogP contribution < -0.4 is 5.31 Å². The third-order valence-corrected chi connectivity index (χ3v) is 3.05. The number of fused-ring (bicyclic) bond motifs is 1. The minimum Gasteiger partial charge on any atom is -0.447 e. The average molecular weight is 294 g/mol. The summed E-state index contributed by atoms with van der Waals surface area (Å²) in [6.07, 6.45) is -4.01. The molecule has 0 bridgehead atoms. The molecule has 2 heterocycles. The maximum absolute atomic E-state index is 11.5. The van der Waals surface area contributed by atoms with Gasteiger partial charge in [-0.05, 0) is 50.1 Å². The van der Waals surface area contributed by atoms with Crippen molar-refractivity contribution >= 4 is 17.0 Å². The van der Waals surface area contributed by atoms with Crippen LogP contribution in [0.3, 0.4) is 0 Å². The van der Waals surface area contributed by atoms with Gasteiger partial charge in [-0.15, -0.1) is 0 Å². The van der Waals surface area contributed by atoms with Crippen LogP contribution >= 0.6 is 0 Å². The SMILES string of the molecule is [2H]N1C(=O)OC[C@]1([2H])C([2H])([2H])c1ccc2c(c1)c(C([2H])([2H])CN(C)C)cn2[2H]. The molecule has 1 fully saturated rings. The first-order valence-corrected chi connectivity index (χ1v) is 6.57. The van der Waals surface area contributed by atoms with Gasteiger partial charge < -0.3 is 19.9 Å². The molecule has 1 saturated heterocycles. The Balaban J connectivity index is 2.14. The molecular weight excluding hydrogens is 266 g/mol. The molecule has 0 radical (unpaired) electrons. The molecule has 21 heavy (non-hydrogen) atoms. The second-order valence-corrected chi connectivity index (χ2v) is 5.06. The molecule has 1 aliphatic heterocycles. The van der Waals surface area contributed by atoms with Crippen LogP contribution in [-0.4, -0.2) is 49.2 Å². The van der Waals surface area contributed by atoms with E-state index in [1.165, 1.54) is 24.4 Å². The quantitative estimate of drug-likeness (QED) is 0.886. The fraction of sp³-hybridized carbons (Fsp3) is 0.438. The monoisotopic (exact) mass is 294 g/mol. The van der Waals surface area contributed by atoms with Gasteiger partial charge in [-0.25, -0.2) is 4.79 Å². The summed E-state index contributed by atoms with van der Waals surface area (Å²) in [6, 6.07) is 1.95. The molecule has 1 atom stereocenters. The molecule has 0 aliphatic carbocycles. The predicted octanol–water partition coefficient (Wildman–Crippen LogP) is 1.92. The third-order valence-electron chi connectivity index (χ3n) is 3.05. The number of ether oxygens (including phenoxy) is 1. The summed E-state index contributed by atoms with van der Waals surface area (Å²) < 4.78 is 62.4. The Hall–Kier alpha value is -2.01. The first-order chi connectivity index (χ1) is 12.8. The minimum absolute atomic E-state index is 0.00125. The molecule has 2 aromatic rings. The topological polar surface area (TPSA) is 57.4 Å². The van der Waals surface area contributed by atoms with E-state index in [1.807, 2.05) is 0 Å². The number of H-pyrrole nitrogens is 1. The van der Waals surface area contributed by atoms with Gasteiger partial charge in [-0.3, -0.25) is 0 Å². The molecule has 1 aromatic heterocycles. The molecular formula is C16H21N3O2. The number of alkyl carbamates (subject to hydrolysis) is 1. The van der Waals surface area contributed by atoms with E-state index in [4.69, 9.17) is 9.68 Å². The van der Waals surface area contributed by atoms with Crippen molar-refractivity contribution in [2.45, 2.75) is 18.8 Å². The summed E-state index contributed by atoms with van der Waals surface area (Å²) in [5.41, 5.74) is 0.612. The van der Waals surface area contributed by atoms with Crippen molar-refractivity contribution in [3.8, 4) is 0 Å². The number of amides is 1. The standard InChI is InChI=1S/C16H21N3O2/c1-19(2)6-5-12-9-17-15-4-3-11(8-14(12)15)7-13-10-21-16(20)18-13/h3-4,8-9,13,17H,5-7,10H2,1-2H3,(H,18,20)/t13-/m0/s1/i5D2,7D2,13D/hD2. The molecule has 1 aromatic carbocycles. The lowest BCUT2D eigenvalue weighted by atomic mass is 10.0. The largest absolute Gasteiger partial charge is 0.447 e. The zero-order valence-corrected chi connectivity index (χ0v) is 11.9. The molecule has 2 N–H and O–H groups in total. The number of rotatable bonds is 5. The lowest BCUT2D eigenvalue weighted by Crippen LogP contribution is -2.28. The fourth-order valence-corrected chi connectivity index (χ4v) is 2.07. The third kappa shape index (κ3) is 3.19. The summed E-state index contributed by atoms with van der Waals surface area (Å²) >= 11 is 0. The van der Waals surface area contributed by atoms with Crippen LogP contribution in [0.15, 0.2) is 24.4 Å². The van der Waals surface area contributed by atoms with Crippen molar-refractivity contribution in [2.75, 3.05) is 27.2 Å². The van der Waals surface area contributed by atoms with E-state index >= 15 is 0 Å². The van der Waals surface area contributed by atoms with Gasteiger partial charge >= 0.3 is 6.09 Å². The van der Waals surface area contributed by atoms with Crippen LogP contribution in [0.5, 0.6) is 0 Å². The summed E-state index contributed by atoms with van der Waals surface area (Å²) in [5.74, 6) is 0. The van der Waals surface area contributed by atoms with E-state index < -0.39 is 31.5 Å². The number of nitrogens with one attached hydrogen (secondary N) is 2. The summed E-state index contributed by atoms with van der Waals surface area (Å²) in [6.45, 7) is -0.539. The van der Waals surface area contributed by atoms with Crippen LogP contribution in [0.2, 0.25) is 2.82 Å². The Morgan fingerprint density at radius 1 is 1.57 bits per heavy atom. The molecule has 1 amide bonds. The summed E-state index contributed by atoms with van der Waals surface area (Å²) in [7, 11) is 3.46. The maximum atomic E-state index is 11.5. The van der Waals surface area contributed by atoms with Crippen LogP contribution in [0.1, 0.15) is 18.0 Å². The van der Waals surface area contributed by atoms with Gasteiger partial charge in [-0.2, -0.15) is 0 Å². The van der Waals surface area contributed by atoms with Gasteiger partial charge in [0.1, 0.15) is 6.61 Å². The van der Waals surface area contributed by atoms with Crippen LogP contribution in [0.25, 0.3) is 10.9 Å². The molecule has 0 unspecified atom stereocenters. The number of aromatic amines is 1. The second-order valence-electron chi connectivity index (χ2n) is 5.06. The zero-order chi connectivity index (χ0) is 21.1. The number of carbonyl (C=O) groups is 1. The molecule has 5 nitrogen and oxygen atoms in total. The van der Waals surface area contributed by atoms with Gasteiger partial charge in [0, 0.05) is 29.1 Å². The van der Waals surface area contributed by atoms with Crippen molar-refractivity contribution in [1.82, 2.24) is 15.2 Å². The predicted molar refractivity (Wildman–Crippen MR) is 82.5 cm³/mol. The van der Waals surface area contributed by atoms with Gasteiger partial charge in [0.15, 0.2) is 2.82 Å². The van der Waals surface area contributed by atoms with Gasteiger partial charge in [0.25, 0.3) is 0 Å².